The number of benzene rings is 3. The van der Waals surface area contributed by atoms with E-state index < -0.39 is 0 Å². The van der Waals surface area contributed by atoms with E-state index in [0.29, 0.717) is 34.4 Å². The molecule has 1 heterocycles. The lowest BCUT2D eigenvalue weighted by Crippen LogP contribution is -2.41. The topological polar surface area (TPSA) is 75.7 Å². The maximum atomic E-state index is 12.9. The van der Waals surface area contributed by atoms with Gasteiger partial charge in [0.15, 0.2) is 0 Å². The molecule has 0 radical (unpaired) electrons. The van der Waals surface area contributed by atoms with Gasteiger partial charge in [0.25, 0.3) is 11.8 Å². The number of hydrogen-bond donors (Lipinski definition) is 1. The normalized spacial score (nSPS) is 12.9. The van der Waals surface area contributed by atoms with Crippen LogP contribution in [0.3, 0.4) is 0 Å². The van der Waals surface area contributed by atoms with Crippen LogP contribution in [0, 0.1) is 6.92 Å². The zero-order valence-electron chi connectivity index (χ0n) is 16.9. The molecule has 30 heavy (non-hydrogen) atoms. The van der Waals surface area contributed by atoms with E-state index in [1.165, 1.54) is 4.90 Å². The van der Waals surface area contributed by atoms with Gasteiger partial charge in [-0.25, -0.2) is 0 Å². The van der Waals surface area contributed by atoms with Crippen LogP contribution in [0.15, 0.2) is 54.6 Å². The molecule has 0 fully saturated rings. The number of hydrogen-bond acceptors (Lipinski definition) is 4. The number of nitrogens with one attached hydrogen (secondary N) is 1. The molecule has 1 aliphatic rings. The molecular formula is C24H22N2O4. The summed E-state index contributed by atoms with van der Waals surface area (Å²) in [6.07, 6.45) is 0.551. The molecule has 3 amide bonds. The van der Waals surface area contributed by atoms with Gasteiger partial charge in [-0.3, -0.25) is 19.3 Å². The second-order valence-electron chi connectivity index (χ2n) is 7.33. The second-order valence-corrected chi connectivity index (χ2v) is 7.33. The number of ether oxygens (including phenoxy) is 1. The number of aryl methyl sites for hydroxylation is 1. The summed E-state index contributed by atoms with van der Waals surface area (Å²) in [6, 6.07) is 16.4. The highest BCUT2D eigenvalue weighted by Crippen LogP contribution is 2.30. The fourth-order valence-corrected chi connectivity index (χ4v) is 3.81. The molecule has 0 bridgehead atoms. The summed E-state index contributed by atoms with van der Waals surface area (Å²) in [5.41, 5.74) is 2.66. The van der Waals surface area contributed by atoms with E-state index >= 15 is 0 Å². The summed E-state index contributed by atoms with van der Waals surface area (Å²) in [4.78, 5) is 39.4. The maximum absolute atomic E-state index is 12.9. The third kappa shape index (κ3) is 3.52. The smallest absolute Gasteiger partial charge is 0.261 e. The van der Waals surface area contributed by atoms with Crippen LogP contribution in [-0.2, 0) is 4.79 Å². The number of amides is 3. The Morgan fingerprint density at radius 2 is 1.67 bits per heavy atom. The van der Waals surface area contributed by atoms with E-state index in [1.54, 1.807) is 25.3 Å². The van der Waals surface area contributed by atoms with E-state index in [1.807, 2.05) is 43.3 Å². The zero-order chi connectivity index (χ0) is 21.3. The Balaban J connectivity index is 1.44. The minimum absolute atomic E-state index is 0.181. The lowest BCUT2D eigenvalue weighted by atomic mass is 9.94. The first-order valence-corrected chi connectivity index (χ1v) is 9.82. The molecule has 0 spiro atoms. The van der Waals surface area contributed by atoms with Gasteiger partial charge >= 0.3 is 0 Å². The Bertz CT molecular complexity index is 1120. The van der Waals surface area contributed by atoms with Gasteiger partial charge in [-0.1, -0.05) is 30.3 Å². The molecule has 6 nitrogen and oxygen atoms in total. The molecule has 0 aromatic heterocycles. The van der Waals surface area contributed by atoms with Gasteiger partial charge in [0.05, 0.1) is 12.8 Å². The van der Waals surface area contributed by atoms with E-state index in [-0.39, 0.29) is 30.7 Å². The average molecular weight is 402 g/mol. The molecule has 3 aromatic rings. The van der Waals surface area contributed by atoms with Crippen molar-refractivity contribution in [2.75, 3.05) is 19.0 Å². The van der Waals surface area contributed by atoms with Gasteiger partial charge in [-0.2, -0.15) is 0 Å². The van der Waals surface area contributed by atoms with Crippen molar-refractivity contribution in [2.24, 2.45) is 0 Å². The number of imide groups is 1. The highest BCUT2D eigenvalue weighted by atomic mass is 16.5. The highest BCUT2D eigenvalue weighted by Gasteiger charge is 2.32. The maximum Gasteiger partial charge on any atom is 0.261 e. The zero-order valence-corrected chi connectivity index (χ0v) is 16.9. The Morgan fingerprint density at radius 1 is 1.00 bits per heavy atom. The minimum atomic E-state index is -0.315. The summed E-state index contributed by atoms with van der Waals surface area (Å²) >= 11 is 0. The van der Waals surface area contributed by atoms with Crippen molar-refractivity contribution in [3.05, 3.63) is 71.3 Å². The number of carbonyl (C=O) groups excluding carboxylic acids is 3. The predicted octanol–water partition coefficient (Wildman–Crippen LogP) is 4.17. The van der Waals surface area contributed by atoms with Gasteiger partial charge in [-0.05, 0) is 48.6 Å². The van der Waals surface area contributed by atoms with Crippen molar-refractivity contribution in [1.29, 1.82) is 0 Å². The molecule has 0 aliphatic carbocycles. The molecule has 152 valence electrons. The Kier molecular flexibility index (Phi) is 5.23. The van der Waals surface area contributed by atoms with Gasteiger partial charge in [0.2, 0.25) is 5.91 Å². The highest BCUT2D eigenvalue weighted by molar-refractivity contribution is 6.25. The van der Waals surface area contributed by atoms with Crippen LogP contribution in [-0.4, -0.2) is 36.3 Å². The van der Waals surface area contributed by atoms with Gasteiger partial charge in [-0.15, -0.1) is 0 Å². The van der Waals surface area contributed by atoms with E-state index in [4.69, 9.17) is 4.74 Å². The quantitative estimate of drug-likeness (QED) is 0.628. The Morgan fingerprint density at radius 3 is 2.30 bits per heavy atom. The largest absolute Gasteiger partial charge is 0.495 e. The molecule has 1 aliphatic heterocycles. The third-order valence-electron chi connectivity index (χ3n) is 5.27. The van der Waals surface area contributed by atoms with Crippen LogP contribution in [0.4, 0.5) is 5.69 Å². The third-order valence-corrected chi connectivity index (χ3v) is 5.27. The van der Waals surface area contributed by atoms with E-state index in [2.05, 4.69) is 5.32 Å². The lowest BCUT2D eigenvalue weighted by Gasteiger charge is -2.27. The van der Waals surface area contributed by atoms with Crippen LogP contribution >= 0.6 is 0 Å². The number of carbonyl (C=O) groups is 3. The number of nitrogens with zero attached hydrogens (tertiary/aromatic N) is 1. The van der Waals surface area contributed by atoms with Crippen LogP contribution in [0.25, 0.3) is 10.8 Å². The van der Waals surface area contributed by atoms with E-state index in [0.717, 1.165) is 10.9 Å². The monoisotopic (exact) mass is 402 g/mol. The molecule has 4 rings (SSSR count). The van der Waals surface area contributed by atoms with Crippen LogP contribution in [0.2, 0.25) is 0 Å². The second kappa shape index (κ2) is 7.99. The average Bonchev–Trinajstić information content (AvgIpc) is 2.74. The van der Waals surface area contributed by atoms with Gasteiger partial charge < -0.3 is 10.1 Å². The minimum Gasteiger partial charge on any atom is -0.495 e. The van der Waals surface area contributed by atoms with Crippen LogP contribution in [0.1, 0.15) is 39.1 Å². The summed E-state index contributed by atoms with van der Waals surface area (Å²) in [7, 11) is 1.55. The molecule has 1 N–H and O–H groups in total. The number of rotatable bonds is 6. The number of anilines is 1. The summed E-state index contributed by atoms with van der Waals surface area (Å²) < 4.78 is 5.28. The van der Waals surface area contributed by atoms with Gasteiger partial charge in [0, 0.05) is 29.5 Å². The standard InChI is InChI=1S/C24H22N2O4/c1-15-11-12-20(30-2)19(14-15)25-21(27)10-5-13-26-23(28)17-8-3-6-16-7-4-9-18(22(16)17)24(26)29/h3-4,6-9,11-12,14H,5,10,13H2,1-2H3,(H,25,27). The molecule has 0 unspecified atom stereocenters. The first kappa shape index (κ1) is 19.6. The van der Waals surface area contributed by atoms with Crippen molar-refractivity contribution in [3.8, 4) is 5.75 Å². The Labute approximate surface area is 174 Å². The predicted molar refractivity (Wildman–Crippen MR) is 115 cm³/mol. The van der Waals surface area contributed by atoms with Crippen LogP contribution in [0.5, 0.6) is 5.75 Å². The molecule has 6 heteroatoms. The summed E-state index contributed by atoms with van der Waals surface area (Å²) in [5, 5.41) is 4.42. The summed E-state index contributed by atoms with van der Waals surface area (Å²) in [5.74, 6) is -0.242. The van der Waals surface area contributed by atoms with Crippen LogP contribution < -0.4 is 10.1 Å². The van der Waals surface area contributed by atoms with Crippen molar-refractivity contribution >= 4 is 34.2 Å². The van der Waals surface area contributed by atoms with E-state index in [9.17, 15) is 14.4 Å². The molecule has 3 aromatic carbocycles. The fraction of sp³-hybridized carbons (Fsp3) is 0.208. The SMILES string of the molecule is COc1ccc(C)cc1NC(=O)CCCN1C(=O)c2cccc3cccc(c23)C1=O. The van der Waals surface area contributed by atoms with Crippen molar-refractivity contribution in [1.82, 2.24) is 4.90 Å². The molecule has 0 atom stereocenters. The molecule has 0 saturated heterocycles. The van der Waals surface area contributed by atoms with Crippen molar-refractivity contribution < 1.29 is 19.1 Å². The van der Waals surface area contributed by atoms with Crippen molar-refractivity contribution in [2.45, 2.75) is 19.8 Å². The summed E-state index contributed by atoms with van der Waals surface area (Å²) in [6.45, 7) is 2.11. The first-order chi connectivity index (χ1) is 14.5. The number of methoxy groups -OCH3 is 1. The molecule has 0 saturated carbocycles. The lowest BCUT2D eigenvalue weighted by molar-refractivity contribution is -0.116. The van der Waals surface area contributed by atoms with Gasteiger partial charge in [0.1, 0.15) is 5.75 Å². The Hall–Kier alpha value is -3.67. The fourth-order valence-electron chi connectivity index (χ4n) is 3.81. The molecular weight excluding hydrogens is 380 g/mol. The van der Waals surface area contributed by atoms with Crippen molar-refractivity contribution in [3.63, 3.8) is 0 Å². The first-order valence-electron chi connectivity index (χ1n) is 9.82.